The molecule has 0 aromatic heterocycles. The standard InChI is InChI=1S/C15H23N3O3/c1-9(19)5-15(2)6-12-14(21)17-7-10(16-3)4-11(17)13(20)18(12)8-15/h10-12,16H,4-8H2,1-3H3/t10-,11?,12?,15-/m0/s1. The van der Waals surface area contributed by atoms with E-state index in [4.69, 9.17) is 0 Å². The van der Waals surface area contributed by atoms with Gasteiger partial charge in [-0.1, -0.05) is 6.92 Å². The van der Waals surface area contributed by atoms with E-state index < -0.39 is 0 Å². The van der Waals surface area contributed by atoms with Crippen molar-refractivity contribution < 1.29 is 14.4 Å². The molecule has 6 nitrogen and oxygen atoms in total. The molecule has 6 heteroatoms. The number of nitrogens with zero attached hydrogens (tertiary/aromatic N) is 2. The van der Waals surface area contributed by atoms with Crippen LogP contribution in [0.2, 0.25) is 0 Å². The molecule has 3 aliphatic heterocycles. The molecule has 21 heavy (non-hydrogen) atoms. The van der Waals surface area contributed by atoms with Crippen LogP contribution in [0.15, 0.2) is 0 Å². The molecule has 0 spiro atoms. The summed E-state index contributed by atoms with van der Waals surface area (Å²) < 4.78 is 0. The maximum absolute atomic E-state index is 12.7. The first-order chi connectivity index (χ1) is 9.84. The SMILES string of the molecule is CN[C@H]1CC2C(=O)N3C[C@@](C)(CC(C)=O)CC3C(=O)N2C1. The minimum Gasteiger partial charge on any atom is -0.328 e. The van der Waals surface area contributed by atoms with Gasteiger partial charge < -0.3 is 19.9 Å². The van der Waals surface area contributed by atoms with E-state index >= 15 is 0 Å². The van der Waals surface area contributed by atoms with Gasteiger partial charge in [-0.15, -0.1) is 0 Å². The Kier molecular flexibility index (Phi) is 3.31. The number of ketones is 1. The maximum atomic E-state index is 12.7. The zero-order valence-corrected chi connectivity index (χ0v) is 12.9. The Balaban J connectivity index is 1.83. The molecular formula is C15H23N3O3. The molecule has 4 atom stereocenters. The van der Waals surface area contributed by atoms with Gasteiger partial charge in [0.15, 0.2) is 0 Å². The van der Waals surface area contributed by atoms with Crippen LogP contribution in [0.25, 0.3) is 0 Å². The van der Waals surface area contributed by atoms with Crippen LogP contribution in [0.4, 0.5) is 0 Å². The van der Waals surface area contributed by atoms with Gasteiger partial charge in [0.25, 0.3) is 0 Å². The highest BCUT2D eigenvalue weighted by molar-refractivity contribution is 5.98. The molecule has 0 saturated carbocycles. The number of Topliss-reactive ketones (excluding diaryl/α,β-unsaturated/α-hetero) is 1. The Morgan fingerprint density at radius 3 is 2.57 bits per heavy atom. The van der Waals surface area contributed by atoms with Crippen molar-refractivity contribution >= 4 is 17.6 Å². The zero-order valence-electron chi connectivity index (χ0n) is 12.9. The normalized spacial score (nSPS) is 38.7. The zero-order chi connectivity index (χ0) is 15.4. The molecular weight excluding hydrogens is 270 g/mol. The predicted molar refractivity (Wildman–Crippen MR) is 76.5 cm³/mol. The molecule has 3 aliphatic rings. The van der Waals surface area contributed by atoms with Crippen LogP contribution >= 0.6 is 0 Å². The Hall–Kier alpha value is -1.43. The van der Waals surface area contributed by atoms with Crippen molar-refractivity contribution in [2.45, 2.75) is 51.2 Å². The van der Waals surface area contributed by atoms with Gasteiger partial charge in [0, 0.05) is 25.6 Å². The lowest BCUT2D eigenvalue weighted by atomic mass is 9.83. The maximum Gasteiger partial charge on any atom is 0.246 e. The Morgan fingerprint density at radius 1 is 1.29 bits per heavy atom. The van der Waals surface area contributed by atoms with Gasteiger partial charge in [-0.05, 0) is 32.2 Å². The van der Waals surface area contributed by atoms with Crippen LogP contribution in [0.5, 0.6) is 0 Å². The van der Waals surface area contributed by atoms with E-state index in [2.05, 4.69) is 5.32 Å². The summed E-state index contributed by atoms with van der Waals surface area (Å²) in [6.07, 6.45) is 1.72. The van der Waals surface area contributed by atoms with E-state index in [1.807, 2.05) is 14.0 Å². The number of hydrogen-bond acceptors (Lipinski definition) is 4. The van der Waals surface area contributed by atoms with Gasteiger partial charge in [0.05, 0.1) is 0 Å². The van der Waals surface area contributed by atoms with E-state index in [1.165, 1.54) is 0 Å². The van der Waals surface area contributed by atoms with Crippen molar-refractivity contribution in [3.8, 4) is 0 Å². The van der Waals surface area contributed by atoms with Gasteiger partial charge in [-0.3, -0.25) is 9.59 Å². The first kappa shape index (κ1) is 14.5. The van der Waals surface area contributed by atoms with Gasteiger partial charge in [-0.25, -0.2) is 0 Å². The molecule has 2 amide bonds. The van der Waals surface area contributed by atoms with Crippen LogP contribution in [0.1, 0.15) is 33.1 Å². The topological polar surface area (TPSA) is 69.7 Å². The molecule has 1 N–H and O–H groups in total. The van der Waals surface area contributed by atoms with Crippen molar-refractivity contribution in [2.24, 2.45) is 5.41 Å². The minimum absolute atomic E-state index is 0.0598. The number of likely N-dealkylation sites (N-methyl/N-ethyl adjacent to an activating group) is 1. The fraction of sp³-hybridized carbons (Fsp3) is 0.800. The number of carbonyl (C=O) groups excluding carboxylic acids is 3. The molecule has 3 heterocycles. The largest absolute Gasteiger partial charge is 0.328 e. The molecule has 0 bridgehead atoms. The summed E-state index contributed by atoms with van der Waals surface area (Å²) in [5, 5.41) is 3.16. The van der Waals surface area contributed by atoms with E-state index in [0.29, 0.717) is 32.4 Å². The fourth-order valence-electron chi connectivity index (χ4n) is 4.25. The first-order valence-corrected chi connectivity index (χ1v) is 7.62. The van der Waals surface area contributed by atoms with Gasteiger partial charge in [0.1, 0.15) is 17.9 Å². The number of hydrogen-bond donors (Lipinski definition) is 1. The lowest BCUT2D eigenvalue weighted by Gasteiger charge is -2.38. The second kappa shape index (κ2) is 4.80. The van der Waals surface area contributed by atoms with Crippen molar-refractivity contribution in [1.29, 1.82) is 0 Å². The second-order valence-corrected chi connectivity index (χ2v) is 7.10. The number of carbonyl (C=O) groups is 3. The molecule has 3 fully saturated rings. The highest BCUT2D eigenvalue weighted by Gasteiger charge is 2.56. The Labute approximate surface area is 124 Å². The van der Waals surface area contributed by atoms with E-state index in [0.717, 1.165) is 0 Å². The van der Waals surface area contributed by atoms with Gasteiger partial charge in [0.2, 0.25) is 11.8 Å². The summed E-state index contributed by atoms with van der Waals surface area (Å²) >= 11 is 0. The third-order valence-corrected chi connectivity index (χ3v) is 5.14. The third-order valence-electron chi connectivity index (χ3n) is 5.14. The molecule has 0 aliphatic carbocycles. The lowest BCUT2D eigenvalue weighted by molar-refractivity contribution is -0.157. The summed E-state index contributed by atoms with van der Waals surface area (Å²) in [6, 6.07) is -0.480. The van der Waals surface area contributed by atoms with Crippen molar-refractivity contribution in [2.75, 3.05) is 20.1 Å². The van der Waals surface area contributed by atoms with Crippen LogP contribution < -0.4 is 5.32 Å². The fourth-order valence-corrected chi connectivity index (χ4v) is 4.25. The van der Waals surface area contributed by atoms with E-state index in [1.54, 1.807) is 16.7 Å². The summed E-state index contributed by atoms with van der Waals surface area (Å²) in [4.78, 5) is 40.3. The Bertz CT molecular complexity index is 472. The molecule has 2 unspecified atom stereocenters. The number of rotatable bonds is 3. The molecule has 3 rings (SSSR count). The predicted octanol–water partition coefficient (Wildman–Crippen LogP) is -0.225. The second-order valence-electron chi connectivity index (χ2n) is 7.10. The highest BCUT2D eigenvalue weighted by Crippen LogP contribution is 2.42. The van der Waals surface area contributed by atoms with Gasteiger partial charge in [-0.2, -0.15) is 0 Å². The number of fused-ring (bicyclic) bond motifs is 2. The average Bonchev–Trinajstić information content (AvgIpc) is 2.97. The Morgan fingerprint density at radius 2 is 1.95 bits per heavy atom. The number of nitrogens with one attached hydrogen (secondary N) is 1. The molecule has 0 radical (unpaired) electrons. The minimum atomic E-state index is -0.367. The first-order valence-electron chi connectivity index (χ1n) is 7.62. The van der Waals surface area contributed by atoms with E-state index in [-0.39, 0.29) is 41.1 Å². The summed E-state index contributed by atoms with van der Waals surface area (Å²) in [5.41, 5.74) is -0.260. The van der Waals surface area contributed by atoms with Crippen LogP contribution in [-0.4, -0.2) is 65.7 Å². The average molecular weight is 293 g/mol. The summed E-state index contributed by atoms with van der Waals surface area (Å²) in [5.74, 6) is 0.238. The van der Waals surface area contributed by atoms with E-state index in [9.17, 15) is 14.4 Å². The van der Waals surface area contributed by atoms with Crippen molar-refractivity contribution in [1.82, 2.24) is 15.1 Å². The molecule has 0 aromatic rings. The monoisotopic (exact) mass is 293 g/mol. The molecule has 0 aromatic carbocycles. The van der Waals surface area contributed by atoms with Crippen LogP contribution in [-0.2, 0) is 14.4 Å². The van der Waals surface area contributed by atoms with Gasteiger partial charge >= 0.3 is 0 Å². The van der Waals surface area contributed by atoms with Crippen LogP contribution in [0.3, 0.4) is 0 Å². The summed E-state index contributed by atoms with van der Waals surface area (Å²) in [7, 11) is 1.86. The third kappa shape index (κ3) is 2.25. The van der Waals surface area contributed by atoms with Crippen molar-refractivity contribution in [3.05, 3.63) is 0 Å². The summed E-state index contributed by atoms with van der Waals surface area (Å²) in [6.45, 7) is 4.71. The number of amides is 2. The van der Waals surface area contributed by atoms with Crippen molar-refractivity contribution in [3.63, 3.8) is 0 Å². The number of piperazine rings is 1. The molecule has 116 valence electrons. The quantitative estimate of drug-likeness (QED) is 0.781. The molecule has 3 saturated heterocycles. The van der Waals surface area contributed by atoms with Crippen LogP contribution in [0, 0.1) is 5.41 Å². The smallest absolute Gasteiger partial charge is 0.246 e. The highest BCUT2D eigenvalue weighted by atomic mass is 16.2. The lowest BCUT2D eigenvalue weighted by Crippen LogP contribution is -2.60.